The van der Waals surface area contributed by atoms with Crippen molar-refractivity contribution in [3.8, 4) is 11.1 Å². The highest BCUT2D eigenvalue weighted by atomic mass is 31.2. The third-order valence-corrected chi connectivity index (χ3v) is 21.7. The highest BCUT2D eigenvalue weighted by Crippen LogP contribution is 2.59. The summed E-state index contributed by atoms with van der Waals surface area (Å²) in [6, 6.07) is 94.4. The Balaban J connectivity index is 0.810. The lowest BCUT2D eigenvalue weighted by molar-refractivity contribution is -0.688. The van der Waals surface area contributed by atoms with Crippen LogP contribution < -0.4 is 41.0 Å². The van der Waals surface area contributed by atoms with E-state index in [4.69, 9.17) is 0 Å². The number of hydrogen-bond donors (Lipinski definition) is 0. The summed E-state index contributed by atoms with van der Waals surface area (Å²) in [7, 11) is -3.91. The molecule has 0 unspecified atom stereocenters. The smallest absolute Gasteiger partial charge is 0.173 e. The lowest BCUT2D eigenvalue weighted by atomic mass is 10.1. The molecule has 66 heavy (non-hydrogen) atoms. The van der Waals surface area contributed by atoms with Crippen LogP contribution in [-0.4, -0.2) is 0 Å². The SMILES string of the molecule is c1ccc([P+](Cc2ccc(C[n+]3ccc(-c4cc[n+](Cc5ccc(C[P+](c6ccccc6)(c6ccccc6)c6ccccc6)cc5)cc4)cc3)cc2)(c2ccccc2)c2ccccc2)cc1. The van der Waals surface area contributed by atoms with Gasteiger partial charge in [0.05, 0.1) is 12.3 Å². The lowest BCUT2D eigenvalue weighted by Gasteiger charge is -2.28. The molecule has 8 aromatic carbocycles. The molecule has 0 radical (unpaired) electrons. The fraction of sp³-hybridized carbons (Fsp3) is 0.0645. The van der Waals surface area contributed by atoms with Gasteiger partial charge in [0.1, 0.15) is 46.4 Å². The van der Waals surface area contributed by atoms with Crippen LogP contribution in [-0.2, 0) is 25.4 Å². The summed E-state index contributed by atoms with van der Waals surface area (Å²) in [5.41, 5.74) is 7.72. The van der Waals surface area contributed by atoms with Crippen molar-refractivity contribution in [1.82, 2.24) is 0 Å². The third kappa shape index (κ3) is 9.22. The van der Waals surface area contributed by atoms with E-state index in [0.717, 1.165) is 25.4 Å². The second-order valence-electron chi connectivity index (χ2n) is 17.1. The van der Waals surface area contributed by atoms with Crippen molar-refractivity contribution in [2.45, 2.75) is 25.4 Å². The molecule has 318 valence electrons. The van der Waals surface area contributed by atoms with Crippen molar-refractivity contribution in [1.29, 1.82) is 0 Å². The summed E-state index contributed by atoms with van der Waals surface area (Å²) in [5, 5.41) is 8.45. The van der Waals surface area contributed by atoms with Crippen LogP contribution in [0.15, 0.2) is 280 Å². The van der Waals surface area contributed by atoms with Gasteiger partial charge in [0.25, 0.3) is 0 Å². The molecule has 0 aliphatic heterocycles. The van der Waals surface area contributed by atoms with Gasteiger partial charge in [-0.1, -0.05) is 158 Å². The largest absolute Gasteiger partial charge is 0.201 e. The quantitative estimate of drug-likeness (QED) is 0.0716. The van der Waals surface area contributed by atoms with Crippen LogP contribution in [0.5, 0.6) is 0 Å². The van der Waals surface area contributed by atoms with E-state index in [2.05, 4.69) is 289 Å². The Bertz CT molecular complexity index is 2650. The molecular weight excluding hydrogens is 835 g/mol. The highest BCUT2D eigenvalue weighted by molar-refractivity contribution is 7.95. The zero-order chi connectivity index (χ0) is 44.4. The van der Waals surface area contributed by atoms with Crippen LogP contribution in [0.25, 0.3) is 11.1 Å². The first-order valence-electron chi connectivity index (χ1n) is 22.9. The minimum Gasteiger partial charge on any atom is -0.201 e. The highest BCUT2D eigenvalue weighted by Gasteiger charge is 2.46. The number of pyridine rings is 2. The maximum atomic E-state index is 2.34. The molecule has 2 aromatic heterocycles. The van der Waals surface area contributed by atoms with E-state index < -0.39 is 14.5 Å². The number of aromatic nitrogens is 2. The van der Waals surface area contributed by atoms with Crippen LogP contribution in [0.3, 0.4) is 0 Å². The molecular formula is C62H54N2P2+4. The zero-order valence-corrected chi connectivity index (χ0v) is 39.0. The van der Waals surface area contributed by atoms with Crippen molar-refractivity contribution < 1.29 is 9.13 Å². The Labute approximate surface area is 391 Å². The van der Waals surface area contributed by atoms with E-state index in [1.807, 2.05) is 0 Å². The van der Waals surface area contributed by atoms with Gasteiger partial charge in [-0.2, -0.15) is 0 Å². The number of nitrogens with zero attached hydrogens (tertiary/aromatic N) is 2. The van der Waals surface area contributed by atoms with Gasteiger partial charge in [0.2, 0.25) is 0 Å². The summed E-state index contributed by atoms with van der Waals surface area (Å²) in [6.07, 6.45) is 10.7. The van der Waals surface area contributed by atoms with E-state index in [1.165, 1.54) is 65.2 Å². The van der Waals surface area contributed by atoms with E-state index in [0.29, 0.717) is 0 Å². The standard InChI is InChI=1S/C62H54N2P2/c1-7-19-57(20-8-1)65(58-21-9-2-10-22-58,59-23-11-3-12-24-59)49-53-35-31-51(32-36-53)47-63-43-39-55(40-44-63)56-41-45-64(46-42-56)48-52-33-37-54(38-34-52)50-66(60-25-13-4-14-26-60,61-27-15-5-16-28-61)62-29-17-6-18-30-62/h1-46H,47-50H2/q+4. The third-order valence-electron chi connectivity index (χ3n) is 12.9. The fourth-order valence-corrected chi connectivity index (χ4v) is 18.0. The molecule has 10 aromatic rings. The van der Waals surface area contributed by atoms with Crippen LogP contribution in [0, 0.1) is 0 Å². The first kappa shape index (κ1) is 42.8. The molecule has 0 saturated carbocycles. The Morgan fingerprint density at radius 1 is 0.227 bits per heavy atom. The molecule has 0 aliphatic rings. The monoisotopic (exact) mass is 888 g/mol. The predicted molar refractivity (Wildman–Crippen MR) is 281 cm³/mol. The molecule has 0 aliphatic carbocycles. The molecule has 2 nitrogen and oxygen atoms in total. The second-order valence-corrected chi connectivity index (χ2v) is 24.1. The van der Waals surface area contributed by atoms with Crippen molar-refractivity contribution in [2.75, 3.05) is 0 Å². The predicted octanol–water partition coefficient (Wildman–Crippen LogP) is 11.0. The summed E-state index contributed by atoms with van der Waals surface area (Å²) in [5.74, 6) is 0. The summed E-state index contributed by atoms with van der Waals surface area (Å²) in [4.78, 5) is 0. The lowest BCUT2D eigenvalue weighted by Crippen LogP contribution is -2.33. The minimum atomic E-state index is -1.95. The normalized spacial score (nSPS) is 11.6. The summed E-state index contributed by atoms with van der Waals surface area (Å²) < 4.78 is 4.54. The molecule has 2 heterocycles. The van der Waals surface area contributed by atoms with Crippen LogP contribution in [0.1, 0.15) is 22.3 Å². The molecule has 0 atom stereocenters. The molecule has 10 rings (SSSR count). The second kappa shape index (κ2) is 20.0. The molecule has 0 amide bonds. The average molecular weight is 889 g/mol. The first-order chi connectivity index (χ1) is 32.7. The Morgan fingerprint density at radius 3 is 0.667 bits per heavy atom. The molecule has 4 heteroatoms. The molecule has 0 saturated heterocycles. The maximum Gasteiger partial charge on any atom is 0.173 e. The summed E-state index contributed by atoms with van der Waals surface area (Å²) in [6.45, 7) is 1.63. The van der Waals surface area contributed by atoms with Gasteiger partial charge >= 0.3 is 0 Å². The van der Waals surface area contributed by atoms with E-state index in [9.17, 15) is 0 Å². The van der Waals surface area contributed by atoms with Crippen LogP contribution in [0.2, 0.25) is 0 Å². The van der Waals surface area contributed by atoms with Gasteiger partial charge in [-0.25, -0.2) is 9.13 Å². The van der Waals surface area contributed by atoms with Crippen molar-refractivity contribution >= 4 is 46.4 Å². The Morgan fingerprint density at radius 2 is 0.439 bits per heavy atom. The zero-order valence-electron chi connectivity index (χ0n) is 37.2. The van der Waals surface area contributed by atoms with E-state index in [1.54, 1.807) is 0 Å². The van der Waals surface area contributed by atoms with Gasteiger partial charge < -0.3 is 0 Å². The van der Waals surface area contributed by atoms with Crippen molar-refractivity contribution in [3.63, 3.8) is 0 Å². The topological polar surface area (TPSA) is 7.76 Å². The Hall–Kier alpha value is -7.08. The number of hydrogen-bond acceptors (Lipinski definition) is 0. The van der Waals surface area contributed by atoms with Crippen molar-refractivity contribution in [2.24, 2.45) is 0 Å². The number of benzene rings is 8. The maximum absolute atomic E-state index is 2.34. The molecule has 0 spiro atoms. The fourth-order valence-electron chi connectivity index (χ4n) is 9.52. The van der Waals surface area contributed by atoms with Gasteiger partial charge in [-0.05, 0) is 95.1 Å². The van der Waals surface area contributed by atoms with E-state index in [-0.39, 0.29) is 0 Å². The minimum absolute atomic E-state index is 0.817. The van der Waals surface area contributed by atoms with E-state index >= 15 is 0 Å². The van der Waals surface area contributed by atoms with Crippen LogP contribution >= 0.6 is 14.5 Å². The molecule has 0 N–H and O–H groups in total. The van der Waals surface area contributed by atoms with Gasteiger partial charge in [-0.15, -0.1) is 0 Å². The van der Waals surface area contributed by atoms with Crippen LogP contribution in [0.4, 0.5) is 0 Å². The number of rotatable bonds is 15. The van der Waals surface area contributed by atoms with Gasteiger partial charge in [-0.3, -0.25) is 0 Å². The summed E-state index contributed by atoms with van der Waals surface area (Å²) >= 11 is 0. The van der Waals surface area contributed by atoms with Gasteiger partial charge in [0.15, 0.2) is 37.9 Å². The average Bonchev–Trinajstić information content (AvgIpc) is 3.40. The first-order valence-corrected chi connectivity index (χ1v) is 26.8. The molecule has 0 bridgehead atoms. The van der Waals surface area contributed by atoms with Gasteiger partial charge in [0, 0.05) is 35.4 Å². The van der Waals surface area contributed by atoms with Crippen molar-refractivity contribution in [3.05, 3.63) is 302 Å². The molecule has 0 fully saturated rings. The Kier molecular flexibility index (Phi) is 13.0.